The Morgan fingerprint density at radius 3 is 2.10 bits per heavy atom. The summed E-state index contributed by atoms with van der Waals surface area (Å²) in [5.74, 6) is -0.109. The van der Waals surface area contributed by atoms with Gasteiger partial charge in [0.05, 0.1) is 17.9 Å². The van der Waals surface area contributed by atoms with Crippen LogP contribution in [-0.2, 0) is 28.1 Å². The Hall–Kier alpha value is -4.09. The third-order valence-corrected chi connectivity index (χ3v) is 8.77. The Bertz CT molecular complexity index is 1690. The smallest absolute Gasteiger partial charge is 0.416 e. The molecule has 0 aliphatic carbocycles. The molecule has 3 aromatic carbocycles. The first-order valence-electron chi connectivity index (χ1n) is 12.4. The lowest BCUT2D eigenvalue weighted by Gasteiger charge is -2.25. The average Bonchev–Trinajstić information content (AvgIpc) is 3.64. The Balaban J connectivity index is 1.35. The summed E-state index contributed by atoms with van der Waals surface area (Å²) in [6.45, 7) is 0. The fourth-order valence-corrected chi connectivity index (χ4v) is 6.72. The first kappa shape index (κ1) is 26.1. The quantitative estimate of drug-likeness (QED) is 0.302. The molecule has 1 saturated heterocycles. The van der Waals surface area contributed by atoms with E-state index in [1.54, 1.807) is 35.1 Å². The molecule has 3 atom stereocenters. The fourth-order valence-electron chi connectivity index (χ4n) is 5.30. The number of hydrogen-bond donors (Lipinski definition) is 1. The number of hydrogen-bond acceptors (Lipinski definition) is 6. The fraction of sp³-hybridized carbons (Fsp3) is 0.207. The number of ether oxygens (including phenoxy) is 1. The minimum Gasteiger partial charge on any atom is -0.508 e. The van der Waals surface area contributed by atoms with Crippen molar-refractivity contribution in [1.82, 2.24) is 9.78 Å². The molecule has 1 aromatic heterocycles. The molecule has 2 aliphatic rings. The highest BCUT2D eigenvalue weighted by atomic mass is 32.2. The van der Waals surface area contributed by atoms with Crippen molar-refractivity contribution >= 4 is 21.3 Å². The number of aryl methyl sites for hydroxylation is 1. The lowest BCUT2D eigenvalue weighted by Crippen LogP contribution is -2.35. The average molecular weight is 569 g/mol. The van der Waals surface area contributed by atoms with Gasteiger partial charge in [0.2, 0.25) is 0 Å². The lowest BCUT2D eigenvalue weighted by atomic mass is 9.83. The summed E-state index contributed by atoms with van der Waals surface area (Å²) in [6, 6.07) is 17.8. The lowest BCUT2D eigenvalue weighted by molar-refractivity contribution is -0.137. The Kier molecular flexibility index (Phi) is 6.23. The van der Waals surface area contributed by atoms with Crippen molar-refractivity contribution in [3.8, 4) is 22.6 Å². The van der Waals surface area contributed by atoms with Crippen LogP contribution < -0.4 is 4.18 Å². The van der Waals surface area contributed by atoms with Crippen LogP contribution in [0.1, 0.15) is 23.1 Å². The van der Waals surface area contributed by atoms with E-state index in [4.69, 9.17) is 8.92 Å². The van der Waals surface area contributed by atoms with E-state index >= 15 is 0 Å². The summed E-state index contributed by atoms with van der Waals surface area (Å²) in [5.41, 5.74) is 4.01. The summed E-state index contributed by atoms with van der Waals surface area (Å²) in [5, 5.41) is 12.9. The first-order valence-corrected chi connectivity index (χ1v) is 13.9. The van der Waals surface area contributed by atoms with Crippen molar-refractivity contribution in [2.75, 3.05) is 0 Å². The van der Waals surface area contributed by atoms with Crippen molar-refractivity contribution in [2.45, 2.75) is 30.1 Å². The van der Waals surface area contributed by atoms with Gasteiger partial charge in [-0.1, -0.05) is 36.4 Å². The predicted molar refractivity (Wildman–Crippen MR) is 142 cm³/mol. The topological polar surface area (TPSA) is 90.7 Å². The molecule has 2 bridgehead atoms. The van der Waals surface area contributed by atoms with Crippen LogP contribution in [0.15, 0.2) is 85.2 Å². The Labute approximate surface area is 228 Å². The molecule has 1 N–H and O–H groups in total. The van der Waals surface area contributed by atoms with Gasteiger partial charge in [0, 0.05) is 25.2 Å². The van der Waals surface area contributed by atoms with Crippen LogP contribution >= 0.6 is 0 Å². The molecular weight excluding hydrogens is 545 g/mol. The number of benzene rings is 3. The van der Waals surface area contributed by atoms with Crippen LogP contribution in [0.25, 0.3) is 22.3 Å². The van der Waals surface area contributed by atoms with Crippen LogP contribution in [0.5, 0.6) is 11.5 Å². The molecule has 7 nitrogen and oxygen atoms in total. The monoisotopic (exact) mass is 568 g/mol. The molecule has 40 heavy (non-hydrogen) atoms. The highest BCUT2D eigenvalue weighted by Crippen LogP contribution is 2.51. The summed E-state index contributed by atoms with van der Waals surface area (Å²) in [6.07, 6.45) is -2.22. The number of aromatic hydroxyl groups is 1. The van der Waals surface area contributed by atoms with Gasteiger partial charge in [0.25, 0.3) is 0 Å². The second kappa shape index (κ2) is 9.53. The summed E-state index contributed by atoms with van der Waals surface area (Å²) in [7, 11) is -2.46. The number of aromatic nitrogens is 2. The predicted octanol–water partition coefficient (Wildman–Crippen LogP) is 5.67. The number of halogens is 3. The Morgan fingerprint density at radius 1 is 0.900 bits per heavy atom. The van der Waals surface area contributed by atoms with Gasteiger partial charge in [-0.25, -0.2) is 0 Å². The second-order valence-corrected chi connectivity index (χ2v) is 11.5. The summed E-state index contributed by atoms with van der Waals surface area (Å²) >= 11 is 0. The molecule has 1 fully saturated rings. The number of alkyl halides is 3. The van der Waals surface area contributed by atoms with E-state index in [1.807, 2.05) is 37.5 Å². The van der Waals surface area contributed by atoms with Gasteiger partial charge in [-0.05, 0) is 64.2 Å². The molecule has 0 saturated carbocycles. The van der Waals surface area contributed by atoms with E-state index in [0.29, 0.717) is 5.57 Å². The summed E-state index contributed by atoms with van der Waals surface area (Å²) in [4.78, 5) is 0. The molecule has 6 rings (SSSR count). The molecular formula is C29H23F3N2O5S. The van der Waals surface area contributed by atoms with E-state index in [-0.39, 0.29) is 17.9 Å². The van der Waals surface area contributed by atoms with Crippen molar-refractivity contribution in [3.63, 3.8) is 0 Å². The van der Waals surface area contributed by atoms with E-state index in [2.05, 4.69) is 5.10 Å². The van der Waals surface area contributed by atoms with Crippen LogP contribution in [0.3, 0.4) is 0 Å². The largest absolute Gasteiger partial charge is 0.508 e. The molecule has 4 aromatic rings. The highest BCUT2D eigenvalue weighted by Gasteiger charge is 2.53. The minimum atomic E-state index is -4.55. The molecule has 3 unspecified atom stereocenters. The van der Waals surface area contributed by atoms with Gasteiger partial charge in [-0.15, -0.1) is 0 Å². The van der Waals surface area contributed by atoms with Gasteiger partial charge in [-0.3, -0.25) is 4.68 Å². The molecule has 2 aliphatic heterocycles. The third-order valence-electron chi connectivity index (χ3n) is 7.17. The van der Waals surface area contributed by atoms with E-state index in [9.17, 15) is 26.7 Å². The number of phenolic OH excluding ortho intramolecular Hbond substituents is 1. The van der Waals surface area contributed by atoms with Crippen LogP contribution in [0.4, 0.5) is 13.2 Å². The van der Waals surface area contributed by atoms with Gasteiger partial charge < -0.3 is 14.0 Å². The standard InChI is InChI=1S/C29H23F3N2O5S/c1-34-16-20(15-33-34)17-2-4-19(5-3-17)27-26(18-6-10-22(35)11-7-18)24-14-25(28(27)38-24)40(36,37)39-23-12-8-21(9-13-23)29(30,31)32/h2-13,15-16,24-25,28,35H,14H2,1H3. The van der Waals surface area contributed by atoms with Crippen LogP contribution in [0, 0.1) is 0 Å². The van der Waals surface area contributed by atoms with Gasteiger partial charge in [0.1, 0.15) is 22.9 Å². The van der Waals surface area contributed by atoms with Crippen molar-refractivity contribution in [2.24, 2.45) is 7.05 Å². The summed E-state index contributed by atoms with van der Waals surface area (Å²) < 4.78 is 78.8. The normalized spacial score (nSPS) is 20.8. The highest BCUT2D eigenvalue weighted by molar-refractivity contribution is 7.87. The number of phenols is 1. The van der Waals surface area contributed by atoms with Gasteiger partial charge in [-0.2, -0.15) is 26.7 Å². The molecule has 0 amide bonds. The van der Waals surface area contributed by atoms with E-state index in [1.165, 1.54) is 0 Å². The van der Waals surface area contributed by atoms with Crippen LogP contribution in [0.2, 0.25) is 0 Å². The van der Waals surface area contributed by atoms with Gasteiger partial charge in [0.15, 0.2) is 0 Å². The van der Waals surface area contributed by atoms with Crippen molar-refractivity contribution in [3.05, 3.63) is 102 Å². The maximum absolute atomic E-state index is 13.4. The number of rotatable bonds is 6. The van der Waals surface area contributed by atoms with Gasteiger partial charge >= 0.3 is 16.3 Å². The zero-order chi connectivity index (χ0) is 28.2. The van der Waals surface area contributed by atoms with Crippen LogP contribution in [-0.4, -0.2) is 40.8 Å². The maximum Gasteiger partial charge on any atom is 0.416 e. The van der Waals surface area contributed by atoms with E-state index in [0.717, 1.165) is 52.1 Å². The molecule has 0 radical (unpaired) electrons. The second-order valence-electron chi connectivity index (χ2n) is 9.77. The molecule has 11 heteroatoms. The number of nitrogens with zero attached hydrogens (tertiary/aromatic N) is 2. The Morgan fingerprint density at radius 2 is 1.50 bits per heavy atom. The minimum absolute atomic E-state index is 0.0983. The molecule has 206 valence electrons. The zero-order valence-electron chi connectivity index (χ0n) is 21.0. The zero-order valence-corrected chi connectivity index (χ0v) is 21.9. The molecule has 0 spiro atoms. The van der Waals surface area contributed by atoms with Crippen molar-refractivity contribution < 1.29 is 35.6 Å². The first-order chi connectivity index (χ1) is 19.0. The molecule has 3 heterocycles. The SMILES string of the molecule is Cn1cc(-c2ccc(C3=C(c4ccc(O)cc4)C4CC(S(=O)(=O)Oc5ccc(C(F)(F)F)cc5)C3O4)cc2)cn1. The maximum atomic E-state index is 13.4. The number of fused-ring (bicyclic) bond motifs is 2. The van der Waals surface area contributed by atoms with Crippen molar-refractivity contribution in [1.29, 1.82) is 0 Å². The van der Waals surface area contributed by atoms with E-state index < -0.39 is 39.3 Å². The third kappa shape index (κ3) is 4.75.